The third-order valence-corrected chi connectivity index (χ3v) is 4.43. The van der Waals surface area contributed by atoms with E-state index in [4.69, 9.17) is 5.11 Å². The second-order valence-corrected chi connectivity index (χ2v) is 5.68. The Morgan fingerprint density at radius 1 is 1.16 bits per heavy atom. The molecule has 2 aliphatic heterocycles. The lowest BCUT2D eigenvalue weighted by Gasteiger charge is -2.37. The van der Waals surface area contributed by atoms with Crippen LogP contribution in [0.4, 0.5) is 0 Å². The number of hydrogen-bond donors (Lipinski definition) is 2. The fourth-order valence-electron chi connectivity index (χ4n) is 3.47. The van der Waals surface area contributed by atoms with Crippen molar-refractivity contribution in [2.24, 2.45) is 0 Å². The monoisotopic (exact) mass is 261 g/mol. The van der Waals surface area contributed by atoms with E-state index in [2.05, 4.69) is 4.90 Å². The lowest BCUT2D eigenvalue weighted by molar-refractivity contribution is 0.0310. The van der Waals surface area contributed by atoms with E-state index in [1.807, 2.05) is 12.1 Å². The lowest BCUT2D eigenvalue weighted by Crippen LogP contribution is -2.44. The second kappa shape index (κ2) is 4.94. The maximum atomic E-state index is 10.8. The first-order chi connectivity index (χ1) is 9.13. The SMILES string of the molecule is O=C(O)c1ccc(CN2[C@@H]3CC[C@H]2C[C@@H](O)C3)cc1. The highest BCUT2D eigenvalue weighted by Gasteiger charge is 2.39. The Hall–Kier alpha value is -1.39. The molecule has 2 aliphatic rings. The van der Waals surface area contributed by atoms with E-state index in [0.29, 0.717) is 17.6 Å². The summed E-state index contributed by atoms with van der Waals surface area (Å²) in [4.78, 5) is 13.3. The highest BCUT2D eigenvalue weighted by atomic mass is 16.4. The summed E-state index contributed by atoms with van der Waals surface area (Å²) in [7, 11) is 0. The third-order valence-electron chi connectivity index (χ3n) is 4.43. The number of rotatable bonds is 3. The Bertz CT molecular complexity index is 457. The Balaban J connectivity index is 1.70. The van der Waals surface area contributed by atoms with Crippen molar-refractivity contribution in [3.8, 4) is 0 Å². The maximum absolute atomic E-state index is 10.8. The molecule has 1 aromatic carbocycles. The molecule has 2 bridgehead atoms. The molecule has 2 fully saturated rings. The first-order valence-electron chi connectivity index (χ1n) is 6.89. The summed E-state index contributed by atoms with van der Waals surface area (Å²) >= 11 is 0. The van der Waals surface area contributed by atoms with Gasteiger partial charge in [-0.15, -0.1) is 0 Å². The number of fused-ring (bicyclic) bond motifs is 2. The topological polar surface area (TPSA) is 60.8 Å². The van der Waals surface area contributed by atoms with Crippen LogP contribution in [0.3, 0.4) is 0 Å². The van der Waals surface area contributed by atoms with Crippen molar-refractivity contribution in [1.82, 2.24) is 4.90 Å². The van der Waals surface area contributed by atoms with Crippen molar-refractivity contribution in [3.63, 3.8) is 0 Å². The quantitative estimate of drug-likeness (QED) is 0.872. The number of aliphatic hydroxyl groups is 1. The van der Waals surface area contributed by atoms with E-state index >= 15 is 0 Å². The summed E-state index contributed by atoms with van der Waals surface area (Å²) in [5.74, 6) is -0.882. The lowest BCUT2D eigenvalue weighted by atomic mass is 9.99. The number of aliphatic hydroxyl groups excluding tert-OH is 1. The summed E-state index contributed by atoms with van der Waals surface area (Å²) in [6.07, 6.45) is 3.97. The average molecular weight is 261 g/mol. The van der Waals surface area contributed by atoms with Crippen LogP contribution in [0.25, 0.3) is 0 Å². The molecule has 3 atom stereocenters. The van der Waals surface area contributed by atoms with Gasteiger partial charge in [-0.3, -0.25) is 4.90 Å². The molecule has 0 saturated carbocycles. The van der Waals surface area contributed by atoms with Crippen molar-refractivity contribution in [3.05, 3.63) is 35.4 Å². The van der Waals surface area contributed by atoms with Crippen molar-refractivity contribution >= 4 is 5.97 Å². The predicted octanol–water partition coefficient (Wildman–Crippen LogP) is 1.87. The molecule has 4 nitrogen and oxygen atoms in total. The summed E-state index contributed by atoms with van der Waals surface area (Å²) in [5, 5.41) is 18.7. The van der Waals surface area contributed by atoms with Gasteiger partial charge in [0.1, 0.15) is 0 Å². The minimum atomic E-state index is -0.882. The van der Waals surface area contributed by atoms with Gasteiger partial charge in [0.2, 0.25) is 0 Å². The Morgan fingerprint density at radius 3 is 2.26 bits per heavy atom. The highest BCUT2D eigenvalue weighted by molar-refractivity contribution is 5.87. The fraction of sp³-hybridized carbons (Fsp3) is 0.533. The molecule has 0 aromatic heterocycles. The zero-order valence-electron chi connectivity index (χ0n) is 10.8. The number of aromatic carboxylic acids is 1. The summed E-state index contributed by atoms with van der Waals surface area (Å²) in [6.45, 7) is 0.863. The number of piperidine rings is 1. The van der Waals surface area contributed by atoms with Gasteiger partial charge in [0.15, 0.2) is 0 Å². The molecule has 3 rings (SSSR count). The molecular weight excluding hydrogens is 242 g/mol. The van der Waals surface area contributed by atoms with Crippen molar-refractivity contribution in [2.45, 2.75) is 50.4 Å². The van der Waals surface area contributed by atoms with Gasteiger partial charge in [-0.25, -0.2) is 4.79 Å². The highest BCUT2D eigenvalue weighted by Crippen LogP contribution is 2.36. The van der Waals surface area contributed by atoms with E-state index in [1.165, 1.54) is 12.8 Å². The first-order valence-corrected chi connectivity index (χ1v) is 6.89. The normalized spacial score (nSPS) is 30.5. The predicted molar refractivity (Wildman–Crippen MR) is 71.0 cm³/mol. The van der Waals surface area contributed by atoms with Crippen LogP contribution in [-0.4, -0.2) is 39.3 Å². The molecule has 0 radical (unpaired) electrons. The molecule has 2 saturated heterocycles. The van der Waals surface area contributed by atoms with E-state index in [0.717, 1.165) is 24.9 Å². The molecule has 0 unspecified atom stereocenters. The number of carboxylic acid groups (broad SMARTS) is 1. The third kappa shape index (κ3) is 2.51. The number of benzene rings is 1. The van der Waals surface area contributed by atoms with Crippen LogP contribution < -0.4 is 0 Å². The molecule has 19 heavy (non-hydrogen) atoms. The van der Waals surface area contributed by atoms with E-state index in [1.54, 1.807) is 12.1 Å². The summed E-state index contributed by atoms with van der Waals surface area (Å²) < 4.78 is 0. The van der Waals surface area contributed by atoms with Crippen LogP contribution in [0, 0.1) is 0 Å². The van der Waals surface area contributed by atoms with Gasteiger partial charge >= 0.3 is 5.97 Å². The zero-order valence-corrected chi connectivity index (χ0v) is 10.8. The Morgan fingerprint density at radius 2 is 1.74 bits per heavy atom. The first kappa shape index (κ1) is 12.6. The van der Waals surface area contributed by atoms with Crippen LogP contribution in [0.5, 0.6) is 0 Å². The van der Waals surface area contributed by atoms with Gasteiger partial charge in [0.05, 0.1) is 11.7 Å². The number of carboxylic acids is 1. The van der Waals surface area contributed by atoms with Crippen LogP contribution in [0.2, 0.25) is 0 Å². The van der Waals surface area contributed by atoms with Crippen LogP contribution >= 0.6 is 0 Å². The van der Waals surface area contributed by atoms with E-state index in [9.17, 15) is 9.90 Å². The van der Waals surface area contributed by atoms with Crippen molar-refractivity contribution in [1.29, 1.82) is 0 Å². The Kier molecular flexibility index (Phi) is 3.29. The molecule has 0 spiro atoms. The van der Waals surface area contributed by atoms with Crippen molar-refractivity contribution in [2.75, 3.05) is 0 Å². The minimum absolute atomic E-state index is 0.136. The minimum Gasteiger partial charge on any atom is -0.478 e. The van der Waals surface area contributed by atoms with Crippen LogP contribution in [0.1, 0.15) is 41.6 Å². The number of hydrogen-bond acceptors (Lipinski definition) is 3. The smallest absolute Gasteiger partial charge is 0.335 e. The van der Waals surface area contributed by atoms with Crippen LogP contribution in [-0.2, 0) is 6.54 Å². The summed E-state index contributed by atoms with van der Waals surface area (Å²) in [6, 6.07) is 8.11. The molecule has 2 N–H and O–H groups in total. The largest absolute Gasteiger partial charge is 0.478 e. The molecule has 102 valence electrons. The van der Waals surface area contributed by atoms with Gasteiger partial charge in [0.25, 0.3) is 0 Å². The number of nitrogens with zero attached hydrogens (tertiary/aromatic N) is 1. The van der Waals surface area contributed by atoms with Crippen molar-refractivity contribution < 1.29 is 15.0 Å². The van der Waals surface area contributed by atoms with Gasteiger partial charge in [-0.1, -0.05) is 12.1 Å². The van der Waals surface area contributed by atoms with Crippen LogP contribution in [0.15, 0.2) is 24.3 Å². The van der Waals surface area contributed by atoms with E-state index in [-0.39, 0.29) is 6.10 Å². The molecule has 0 amide bonds. The molecule has 4 heteroatoms. The standard InChI is InChI=1S/C15H19NO3/c17-14-7-12-5-6-13(8-14)16(12)9-10-1-3-11(4-2-10)15(18)19/h1-4,12-14,17H,5-9H2,(H,18,19)/t12-,13+,14+. The molecule has 1 aromatic rings. The molecule has 2 heterocycles. The van der Waals surface area contributed by atoms with Gasteiger partial charge in [0, 0.05) is 18.6 Å². The summed E-state index contributed by atoms with van der Waals surface area (Å²) in [5.41, 5.74) is 1.49. The average Bonchev–Trinajstić information content (AvgIpc) is 2.62. The van der Waals surface area contributed by atoms with Gasteiger partial charge < -0.3 is 10.2 Å². The Labute approximate surface area is 112 Å². The van der Waals surface area contributed by atoms with E-state index < -0.39 is 5.97 Å². The maximum Gasteiger partial charge on any atom is 0.335 e. The van der Waals surface area contributed by atoms with Gasteiger partial charge in [-0.05, 0) is 43.4 Å². The number of carbonyl (C=O) groups is 1. The molecular formula is C15H19NO3. The fourth-order valence-corrected chi connectivity index (χ4v) is 3.47. The zero-order chi connectivity index (χ0) is 13.4. The second-order valence-electron chi connectivity index (χ2n) is 5.68. The van der Waals surface area contributed by atoms with Gasteiger partial charge in [-0.2, -0.15) is 0 Å². The molecule has 0 aliphatic carbocycles.